The number of rotatable bonds is 6. The summed E-state index contributed by atoms with van der Waals surface area (Å²) in [6.45, 7) is 0.531. The molecule has 0 bridgehead atoms. The fourth-order valence-corrected chi connectivity index (χ4v) is 4.14. The average Bonchev–Trinajstić information content (AvgIpc) is 3.21. The van der Waals surface area contributed by atoms with Crippen LogP contribution < -0.4 is 0 Å². The summed E-state index contributed by atoms with van der Waals surface area (Å²) in [4.78, 5) is 13.5. The van der Waals surface area contributed by atoms with Crippen molar-refractivity contribution in [3.63, 3.8) is 0 Å². The van der Waals surface area contributed by atoms with Crippen molar-refractivity contribution in [3.8, 4) is 11.3 Å². The second-order valence-corrected chi connectivity index (χ2v) is 8.64. The predicted octanol–water partition coefficient (Wildman–Crippen LogP) is 4.11. The fraction of sp³-hybridized carbons (Fsp3) is 0.136. The van der Waals surface area contributed by atoms with Crippen molar-refractivity contribution in [1.29, 1.82) is 0 Å². The van der Waals surface area contributed by atoms with E-state index in [1.165, 1.54) is 7.11 Å². The molecular weight excluding hydrogens is 411 g/mol. The first-order valence-corrected chi connectivity index (χ1v) is 11.3. The molecule has 1 unspecified atom stereocenters. The number of hydrogen-bond acceptors (Lipinski definition) is 7. The maximum absolute atomic E-state index is 11.6. The summed E-state index contributed by atoms with van der Waals surface area (Å²) in [7, 11) is -0.565. The Balaban J connectivity index is 1.44. The van der Waals surface area contributed by atoms with Gasteiger partial charge in [0, 0.05) is 30.4 Å². The molecule has 2 aromatic carbocycles. The highest BCUT2D eigenvalue weighted by Crippen LogP contribution is 2.28. The van der Waals surface area contributed by atoms with E-state index in [0.29, 0.717) is 24.0 Å². The Morgan fingerprint density at radius 1 is 1.03 bits per heavy atom. The molecule has 0 aliphatic rings. The maximum Gasteiger partial charge on any atom is 0.221 e. The van der Waals surface area contributed by atoms with Crippen molar-refractivity contribution in [2.75, 3.05) is 7.11 Å². The highest BCUT2D eigenvalue weighted by molar-refractivity contribution is 7.38. The van der Waals surface area contributed by atoms with Gasteiger partial charge in [0.2, 0.25) is 5.65 Å². The Bertz CT molecular complexity index is 1400. The normalized spacial score (nSPS) is 12.4. The Labute approximate surface area is 178 Å². The molecule has 1 atom stereocenters. The minimum absolute atomic E-state index is 0.421. The standard InChI is InChI=1S/C22H19N6O2P/c1-30-31(29)14-15-4-7-17(8-5-15)20-12-24-21-22(25-20)28(27-26-21)13-16-6-9-19-18(11-16)3-2-10-23-19/h2-12,31H,13-14H2,1H3. The van der Waals surface area contributed by atoms with Crippen LogP contribution in [0, 0.1) is 0 Å². The molecule has 5 rings (SSSR count). The third-order valence-electron chi connectivity index (χ3n) is 5.05. The molecule has 0 spiro atoms. The van der Waals surface area contributed by atoms with Gasteiger partial charge < -0.3 is 4.52 Å². The number of pyridine rings is 1. The molecule has 3 heterocycles. The minimum atomic E-state index is -2.03. The van der Waals surface area contributed by atoms with Crippen LogP contribution in [0.25, 0.3) is 33.5 Å². The molecule has 0 N–H and O–H groups in total. The van der Waals surface area contributed by atoms with Gasteiger partial charge in [0.05, 0.1) is 24.0 Å². The average molecular weight is 430 g/mol. The van der Waals surface area contributed by atoms with Crippen LogP contribution in [0.1, 0.15) is 11.1 Å². The summed E-state index contributed by atoms with van der Waals surface area (Å²) in [5.74, 6) is 0. The van der Waals surface area contributed by atoms with E-state index in [1.807, 2.05) is 48.5 Å². The van der Waals surface area contributed by atoms with Gasteiger partial charge in [-0.3, -0.25) is 9.55 Å². The van der Waals surface area contributed by atoms with Crippen LogP contribution in [0.4, 0.5) is 0 Å². The highest BCUT2D eigenvalue weighted by Gasteiger charge is 2.11. The van der Waals surface area contributed by atoms with Crippen molar-refractivity contribution in [2.24, 2.45) is 0 Å². The zero-order chi connectivity index (χ0) is 21.2. The molecule has 5 aromatic rings. The van der Waals surface area contributed by atoms with E-state index in [0.717, 1.165) is 33.3 Å². The molecule has 154 valence electrons. The summed E-state index contributed by atoms with van der Waals surface area (Å²) in [5.41, 5.74) is 5.76. The first kappa shape index (κ1) is 19.5. The minimum Gasteiger partial charge on any atom is -0.334 e. The topological polar surface area (TPSA) is 95.7 Å². The maximum atomic E-state index is 11.6. The van der Waals surface area contributed by atoms with Crippen LogP contribution in [0.15, 0.2) is 67.0 Å². The van der Waals surface area contributed by atoms with Gasteiger partial charge in [-0.2, -0.15) is 0 Å². The van der Waals surface area contributed by atoms with E-state index in [1.54, 1.807) is 17.1 Å². The summed E-state index contributed by atoms with van der Waals surface area (Å²) in [5, 5.41) is 9.47. The second-order valence-electron chi connectivity index (χ2n) is 7.13. The fourth-order valence-electron chi connectivity index (χ4n) is 3.43. The van der Waals surface area contributed by atoms with Gasteiger partial charge in [-0.05, 0) is 29.3 Å². The van der Waals surface area contributed by atoms with Gasteiger partial charge >= 0.3 is 0 Å². The number of fused-ring (bicyclic) bond motifs is 2. The zero-order valence-electron chi connectivity index (χ0n) is 16.8. The summed E-state index contributed by atoms with van der Waals surface area (Å²) >= 11 is 0. The summed E-state index contributed by atoms with van der Waals surface area (Å²) < 4.78 is 18.3. The molecule has 0 saturated carbocycles. The predicted molar refractivity (Wildman–Crippen MR) is 119 cm³/mol. The molecule has 0 radical (unpaired) electrons. The molecule has 3 aromatic heterocycles. The van der Waals surface area contributed by atoms with Crippen LogP contribution in [-0.2, 0) is 21.8 Å². The Morgan fingerprint density at radius 2 is 1.87 bits per heavy atom. The van der Waals surface area contributed by atoms with Gasteiger partial charge in [0.15, 0.2) is 13.7 Å². The van der Waals surface area contributed by atoms with Crippen LogP contribution in [0.3, 0.4) is 0 Å². The molecule has 0 fully saturated rings. The zero-order valence-corrected chi connectivity index (χ0v) is 17.8. The van der Waals surface area contributed by atoms with Crippen molar-refractivity contribution in [3.05, 3.63) is 78.1 Å². The molecule has 0 aliphatic heterocycles. The lowest BCUT2D eigenvalue weighted by Crippen LogP contribution is -2.03. The SMILES string of the molecule is CO[PH](=O)Cc1ccc(-c2cnc3nnn(Cc4ccc5ncccc5c4)c3n2)cc1. The van der Waals surface area contributed by atoms with E-state index in [9.17, 15) is 4.57 Å². The third kappa shape index (κ3) is 4.08. The van der Waals surface area contributed by atoms with Crippen molar-refractivity contribution in [1.82, 2.24) is 29.9 Å². The molecule has 0 aliphatic carbocycles. The van der Waals surface area contributed by atoms with Crippen molar-refractivity contribution >= 4 is 30.2 Å². The van der Waals surface area contributed by atoms with Crippen LogP contribution >= 0.6 is 8.03 Å². The molecule has 9 heteroatoms. The first-order chi connectivity index (χ1) is 15.2. The molecular formula is C22H19N6O2P. The van der Waals surface area contributed by atoms with E-state index in [-0.39, 0.29) is 0 Å². The van der Waals surface area contributed by atoms with Crippen LogP contribution in [0.2, 0.25) is 0 Å². The van der Waals surface area contributed by atoms with Gasteiger partial charge in [-0.25, -0.2) is 14.6 Å². The van der Waals surface area contributed by atoms with Crippen LogP contribution in [-0.4, -0.2) is 37.1 Å². The first-order valence-electron chi connectivity index (χ1n) is 9.75. The lowest BCUT2D eigenvalue weighted by molar-refractivity contribution is 0.414. The molecule has 31 heavy (non-hydrogen) atoms. The quantitative estimate of drug-likeness (QED) is 0.374. The molecule has 0 amide bonds. The number of benzene rings is 2. The summed E-state index contributed by atoms with van der Waals surface area (Å²) in [6, 6.07) is 17.8. The number of hydrogen-bond donors (Lipinski definition) is 0. The summed E-state index contributed by atoms with van der Waals surface area (Å²) in [6.07, 6.45) is 3.90. The Morgan fingerprint density at radius 3 is 2.71 bits per heavy atom. The second kappa shape index (κ2) is 8.34. The van der Waals surface area contributed by atoms with Gasteiger partial charge in [-0.1, -0.05) is 41.6 Å². The van der Waals surface area contributed by atoms with Gasteiger partial charge in [-0.15, -0.1) is 5.10 Å². The Kier molecular flexibility index (Phi) is 5.24. The van der Waals surface area contributed by atoms with E-state index in [2.05, 4.69) is 26.3 Å². The van der Waals surface area contributed by atoms with E-state index >= 15 is 0 Å². The third-order valence-corrected chi connectivity index (χ3v) is 6.21. The van der Waals surface area contributed by atoms with E-state index < -0.39 is 8.03 Å². The number of aromatic nitrogens is 6. The molecule has 8 nitrogen and oxygen atoms in total. The molecule has 0 saturated heterocycles. The highest BCUT2D eigenvalue weighted by atomic mass is 31.1. The largest absolute Gasteiger partial charge is 0.334 e. The Hall–Kier alpha value is -3.48. The van der Waals surface area contributed by atoms with Gasteiger partial charge in [0.1, 0.15) is 0 Å². The van der Waals surface area contributed by atoms with E-state index in [4.69, 9.17) is 9.51 Å². The van der Waals surface area contributed by atoms with Gasteiger partial charge in [0.25, 0.3) is 0 Å². The van der Waals surface area contributed by atoms with Crippen molar-refractivity contribution < 1.29 is 9.09 Å². The lowest BCUT2D eigenvalue weighted by Gasteiger charge is -2.06. The lowest BCUT2D eigenvalue weighted by atomic mass is 10.1. The van der Waals surface area contributed by atoms with Crippen molar-refractivity contribution in [2.45, 2.75) is 12.7 Å². The van der Waals surface area contributed by atoms with Crippen LogP contribution in [0.5, 0.6) is 0 Å². The number of nitrogens with zero attached hydrogens (tertiary/aromatic N) is 6. The smallest absolute Gasteiger partial charge is 0.221 e. The monoisotopic (exact) mass is 430 g/mol.